The molecule has 7 heteroatoms. The first-order valence-corrected chi connectivity index (χ1v) is 8.76. The van der Waals surface area contributed by atoms with Crippen LogP contribution in [0, 0.1) is 0 Å². The predicted octanol–water partition coefficient (Wildman–Crippen LogP) is 4.74. The van der Waals surface area contributed by atoms with Gasteiger partial charge in [0.05, 0.1) is 11.5 Å². The van der Waals surface area contributed by atoms with E-state index in [2.05, 4.69) is 27.2 Å². The van der Waals surface area contributed by atoms with Crippen molar-refractivity contribution in [2.24, 2.45) is 0 Å². The van der Waals surface area contributed by atoms with E-state index in [0.29, 0.717) is 11.5 Å². The fraction of sp³-hybridized carbons (Fsp3) is 0.300. The first-order chi connectivity index (χ1) is 13.0. The maximum Gasteiger partial charge on any atom is 0.416 e. The van der Waals surface area contributed by atoms with Gasteiger partial charge in [-0.1, -0.05) is 47.6 Å². The molecule has 140 valence electrons. The molecule has 4 rings (SSSR count). The molecule has 2 heterocycles. The highest BCUT2D eigenvalue weighted by Gasteiger charge is 2.31. The highest BCUT2D eigenvalue weighted by molar-refractivity contribution is 5.55. The van der Waals surface area contributed by atoms with Crippen molar-refractivity contribution in [3.05, 3.63) is 71.6 Å². The van der Waals surface area contributed by atoms with Crippen LogP contribution in [0.25, 0.3) is 11.4 Å². The SMILES string of the molecule is FC(F)(F)c1cccc(-c2noc([C@H]3CCN(Cc4ccccc4)C3)n2)c1. The van der Waals surface area contributed by atoms with Crippen LogP contribution in [-0.4, -0.2) is 28.1 Å². The largest absolute Gasteiger partial charge is 0.416 e. The highest BCUT2D eigenvalue weighted by Crippen LogP contribution is 2.32. The van der Waals surface area contributed by atoms with Crippen molar-refractivity contribution < 1.29 is 17.7 Å². The summed E-state index contributed by atoms with van der Waals surface area (Å²) in [6.07, 6.45) is -3.51. The average Bonchev–Trinajstić information content (AvgIpc) is 3.31. The average molecular weight is 373 g/mol. The molecule has 1 aliphatic heterocycles. The number of benzene rings is 2. The Morgan fingerprint density at radius 2 is 1.89 bits per heavy atom. The third-order valence-corrected chi connectivity index (χ3v) is 4.76. The van der Waals surface area contributed by atoms with Crippen molar-refractivity contribution in [1.82, 2.24) is 15.0 Å². The number of likely N-dealkylation sites (tertiary alicyclic amines) is 1. The Labute approximate surface area is 154 Å². The van der Waals surface area contributed by atoms with Gasteiger partial charge >= 0.3 is 6.18 Å². The quantitative estimate of drug-likeness (QED) is 0.662. The molecule has 1 fully saturated rings. The topological polar surface area (TPSA) is 42.2 Å². The molecule has 2 aromatic carbocycles. The lowest BCUT2D eigenvalue weighted by Gasteiger charge is -2.14. The number of rotatable bonds is 4. The summed E-state index contributed by atoms with van der Waals surface area (Å²) < 4.78 is 44.0. The van der Waals surface area contributed by atoms with Gasteiger partial charge in [-0.2, -0.15) is 18.2 Å². The van der Waals surface area contributed by atoms with Crippen LogP contribution in [0.5, 0.6) is 0 Å². The lowest BCUT2D eigenvalue weighted by atomic mass is 10.1. The Hall–Kier alpha value is -2.67. The lowest BCUT2D eigenvalue weighted by Crippen LogP contribution is -2.19. The monoisotopic (exact) mass is 373 g/mol. The highest BCUT2D eigenvalue weighted by atomic mass is 19.4. The van der Waals surface area contributed by atoms with Crippen LogP contribution in [0.2, 0.25) is 0 Å². The maximum atomic E-state index is 12.9. The molecule has 0 radical (unpaired) electrons. The van der Waals surface area contributed by atoms with Gasteiger partial charge in [0.1, 0.15) is 0 Å². The molecule has 1 aliphatic rings. The third-order valence-electron chi connectivity index (χ3n) is 4.76. The Kier molecular flexibility index (Phi) is 4.70. The zero-order chi connectivity index (χ0) is 18.9. The number of hydrogen-bond donors (Lipinski definition) is 0. The summed E-state index contributed by atoms with van der Waals surface area (Å²) in [5.41, 5.74) is 0.827. The normalized spacial score (nSPS) is 18.1. The van der Waals surface area contributed by atoms with E-state index in [9.17, 15) is 13.2 Å². The van der Waals surface area contributed by atoms with Gasteiger partial charge in [0, 0.05) is 18.7 Å². The van der Waals surface area contributed by atoms with E-state index in [1.807, 2.05) is 18.2 Å². The van der Waals surface area contributed by atoms with Crippen molar-refractivity contribution >= 4 is 0 Å². The Balaban J connectivity index is 1.46. The minimum absolute atomic E-state index is 0.0979. The van der Waals surface area contributed by atoms with Crippen LogP contribution in [0.4, 0.5) is 13.2 Å². The summed E-state index contributed by atoms with van der Waals surface area (Å²) in [6.45, 7) is 2.56. The van der Waals surface area contributed by atoms with E-state index in [1.165, 1.54) is 11.6 Å². The van der Waals surface area contributed by atoms with Gasteiger partial charge < -0.3 is 4.52 Å². The molecule has 1 aromatic heterocycles. The molecule has 1 atom stereocenters. The Morgan fingerprint density at radius 3 is 2.67 bits per heavy atom. The zero-order valence-electron chi connectivity index (χ0n) is 14.5. The third kappa shape index (κ3) is 4.03. The van der Waals surface area contributed by atoms with E-state index in [4.69, 9.17) is 4.52 Å². The fourth-order valence-electron chi connectivity index (χ4n) is 3.37. The van der Waals surface area contributed by atoms with Crippen molar-refractivity contribution in [1.29, 1.82) is 0 Å². The van der Waals surface area contributed by atoms with Gasteiger partial charge in [-0.3, -0.25) is 4.90 Å². The summed E-state index contributed by atoms with van der Waals surface area (Å²) >= 11 is 0. The molecule has 0 unspecified atom stereocenters. The number of hydrogen-bond acceptors (Lipinski definition) is 4. The summed E-state index contributed by atoms with van der Waals surface area (Å²) in [5.74, 6) is 0.774. The molecule has 0 saturated carbocycles. The molecule has 0 bridgehead atoms. The van der Waals surface area contributed by atoms with E-state index in [-0.39, 0.29) is 11.7 Å². The van der Waals surface area contributed by atoms with Crippen LogP contribution in [0.1, 0.15) is 29.4 Å². The zero-order valence-corrected chi connectivity index (χ0v) is 14.5. The molecule has 0 aliphatic carbocycles. The second-order valence-electron chi connectivity index (χ2n) is 6.74. The predicted molar refractivity (Wildman–Crippen MR) is 93.8 cm³/mol. The van der Waals surface area contributed by atoms with Gasteiger partial charge in [-0.05, 0) is 30.7 Å². The van der Waals surface area contributed by atoms with Crippen LogP contribution in [0.3, 0.4) is 0 Å². The van der Waals surface area contributed by atoms with Crippen molar-refractivity contribution in [3.8, 4) is 11.4 Å². The van der Waals surface area contributed by atoms with Gasteiger partial charge in [0.25, 0.3) is 0 Å². The van der Waals surface area contributed by atoms with Gasteiger partial charge in [0.2, 0.25) is 11.7 Å². The minimum atomic E-state index is -4.40. The lowest BCUT2D eigenvalue weighted by molar-refractivity contribution is -0.137. The Bertz CT molecular complexity index is 908. The standard InChI is InChI=1S/C20H18F3N3O/c21-20(22,23)17-8-4-7-15(11-17)18-24-19(27-25-18)16-9-10-26(13-16)12-14-5-2-1-3-6-14/h1-8,11,16H,9-10,12-13H2/t16-/m0/s1. The molecule has 0 amide bonds. The van der Waals surface area contributed by atoms with Crippen LogP contribution < -0.4 is 0 Å². The molecule has 27 heavy (non-hydrogen) atoms. The second kappa shape index (κ2) is 7.15. The summed E-state index contributed by atoms with van der Waals surface area (Å²) in [5, 5.41) is 3.89. The molecule has 0 spiro atoms. The maximum absolute atomic E-state index is 12.9. The van der Waals surface area contributed by atoms with Crippen molar-refractivity contribution in [2.45, 2.75) is 25.1 Å². The minimum Gasteiger partial charge on any atom is -0.339 e. The number of aromatic nitrogens is 2. The molecular weight excluding hydrogens is 355 g/mol. The fourth-order valence-corrected chi connectivity index (χ4v) is 3.37. The smallest absolute Gasteiger partial charge is 0.339 e. The van der Waals surface area contributed by atoms with E-state index >= 15 is 0 Å². The number of halogens is 3. The number of nitrogens with zero attached hydrogens (tertiary/aromatic N) is 3. The summed E-state index contributed by atoms with van der Waals surface area (Å²) in [7, 11) is 0. The number of alkyl halides is 3. The summed E-state index contributed by atoms with van der Waals surface area (Å²) in [6, 6.07) is 15.2. The van der Waals surface area contributed by atoms with Crippen LogP contribution in [0.15, 0.2) is 59.1 Å². The second-order valence-corrected chi connectivity index (χ2v) is 6.74. The van der Waals surface area contributed by atoms with Crippen molar-refractivity contribution in [2.75, 3.05) is 13.1 Å². The van der Waals surface area contributed by atoms with E-state index in [0.717, 1.165) is 38.2 Å². The van der Waals surface area contributed by atoms with Crippen molar-refractivity contribution in [3.63, 3.8) is 0 Å². The molecule has 4 nitrogen and oxygen atoms in total. The van der Waals surface area contributed by atoms with Gasteiger partial charge in [-0.15, -0.1) is 0 Å². The van der Waals surface area contributed by atoms with Gasteiger partial charge in [-0.25, -0.2) is 0 Å². The first-order valence-electron chi connectivity index (χ1n) is 8.76. The van der Waals surface area contributed by atoms with Crippen LogP contribution in [-0.2, 0) is 12.7 Å². The van der Waals surface area contributed by atoms with E-state index < -0.39 is 11.7 Å². The molecular formula is C20H18F3N3O. The van der Waals surface area contributed by atoms with E-state index in [1.54, 1.807) is 6.07 Å². The molecule has 1 saturated heterocycles. The molecule has 3 aromatic rings. The van der Waals surface area contributed by atoms with Gasteiger partial charge in [0.15, 0.2) is 0 Å². The Morgan fingerprint density at radius 1 is 1.07 bits per heavy atom. The molecule has 0 N–H and O–H groups in total. The summed E-state index contributed by atoms with van der Waals surface area (Å²) in [4.78, 5) is 6.67. The first kappa shape index (κ1) is 17.7. The van der Waals surface area contributed by atoms with Crippen LogP contribution >= 0.6 is 0 Å².